The van der Waals surface area contributed by atoms with Crippen LogP contribution in [-0.4, -0.2) is 51.6 Å². The summed E-state index contributed by atoms with van der Waals surface area (Å²) in [5, 5.41) is 2.63. The molecule has 7 nitrogen and oxygen atoms in total. The molecule has 1 aliphatic heterocycles. The van der Waals surface area contributed by atoms with E-state index in [1.807, 2.05) is 48.9 Å². The summed E-state index contributed by atoms with van der Waals surface area (Å²) in [6.07, 6.45) is 0.133. The van der Waals surface area contributed by atoms with Gasteiger partial charge in [-0.25, -0.2) is 9.97 Å². The molecule has 198 valence electrons. The minimum atomic E-state index is -4.57. The zero-order valence-corrected chi connectivity index (χ0v) is 21.1. The molecule has 1 aliphatic rings. The van der Waals surface area contributed by atoms with Gasteiger partial charge in [-0.1, -0.05) is 6.07 Å². The normalized spacial score (nSPS) is 15.1. The van der Waals surface area contributed by atoms with Gasteiger partial charge in [0.15, 0.2) is 5.65 Å². The summed E-state index contributed by atoms with van der Waals surface area (Å²) in [6, 6.07) is 12.7. The number of benzene rings is 2. The van der Waals surface area contributed by atoms with E-state index in [0.717, 1.165) is 66.0 Å². The number of anilines is 1. The first-order valence-corrected chi connectivity index (χ1v) is 12.4. The molecule has 0 bridgehead atoms. The molecule has 0 atom stereocenters. The number of likely N-dealkylation sites (tertiary alicyclic amines) is 1. The van der Waals surface area contributed by atoms with Crippen LogP contribution in [0.4, 0.5) is 18.9 Å². The number of halogens is 3. The summed E-state index contributed by atoms with van der Waals surface area (Å²) in [5.74, 6) is -0.313. The second-order valence-corrected chi connectivity index (χ2v) is 9.66. The van der Waals surface area contributed by atoms with Crippen molar-refractivity contribution in [3.63, 3.8) is 0 Å². The number of aromatic nitrogens is 3. The fourth-order valence-corrected chi connectivity index (χ4v) is 4.64. The Hall–Kier alpha value is -3.92. The van der Waals surface area contributed by atoms with Crippen molar-refractivity contribution in [2.75, 3.05) is 25.5 Å². The van der Waals surface area contributed by atoms with Gasteiger partial charge in [0.2, 0.25) is 5.91 Å². The number of fused-ring (bicyclic) bond motifs is 1. The molecule has 1 amide bonds. The number of piperidine rings is 1. The van der Waals surface area contributed by atoms with Gasteiger partial charge in [0.25, 0.3) is 0 Å². The molecule has 0 unspecified atom stereocenters. The summed E-state index contributed by atoms with van der Waals surface area (Å²) in [5.41, 5.74) is 3.16. The molecule has 3 heterocycles. The highest BCUT2D eigenvalue weighted by atomic mass is 19.4. The maximum atomic E-state index is 13.6. The predicted molar refractivity (Wildman–Crippen MR) is 139 cm³/mol. The van der Waals surface area contributed by atoms with Crippen molar-refractivity contribution in [3.05, 3.63) is 77.7 Å². The van der Waals surface area contributed by atoms with Gasteiger partial charge in [-0.3, -0.25) is 9.36 Å². The van der Waals surface area contributed by atoms with Crippen LogP contribution < -0.4 is 10.1 Å². The number of rotatable bonds is 6. The molecule has 0 radical (unpaired) electrons. The number of carbonyl (C=O) groups is 1. The zero-order valence-electron chi connectivity index (χ0n) is 21.1. The lowest BCUT2D eigenvalue weighted by atomic mass is 10.0. The lowest BCUT2D eigenvalue weighted by Gasteiger charge is -2.29. The van der Waals surface area contributed by atoms with Crippen LogP contribution in [0, 0.1) is 6.92 Å². The minimum absolute atomic E-state index is 0.0104. The van der Waals surface area contributed by atoms with Gasteiger partial charge in [0.05, 0.1) is 12.0 Å². The second kappa shape index (κ2) is 10.4. The fourth-order valence-electron chi connectivity index (χ4n) is 4.64. The molecule has 2 aromatic heterocycles. The maximum Gasteiger partial charge on any atom is 0.416 e. The molecule has 0 aliphatic carbocycles. The van der Waals surface area contributed by atoms with Gasteiger partial charge >= 0.3 is 6.18 Å². The number of alkyl halides is 3. The van der Waals surface area contributed by atoms with Crippen LogP contribution in [0.1, 0.15) is 29.5 Å². The van der Waals surface area contributed by atoms with Crippen LogP contribution in [0.15, 0.2) is 61.1 Å². The summed E-state index contributed by atoms with van der Waals surface area (Å²) in [6.45, 7) is 3.52. The van der Waals surface area contributed by atoms with Crippen LogP contribution >= 0.6 is 0 Å². The molecule has 0 saturated carbocycles. The molecule has 10 heteroatoms. The topological polar surface area (TPSA) is 72.3 Å². The number of aryl methyl sites for hydroxylation is 1. The Labute approximate surface area is 218 Å². The van der Waals surface area contributed by atoms with Crippen LogP contribution in [-0.2, 0) is 17.4 Å². The Morgan fingerprint density at radius 1 is 1.11 bits per heavy atom. The number of hydrogen-bond acceptors (Lipinski definition) is 5. The van der Waals surface area contributed by atoms with Crippen molar-refractivity contribution in [2.24, 2.45) is 0 Å². The Morgan fingerprint density at radius 3 is 2.63 bits per heavy atom. The van der Waals surface area contributed by atoms with E-state index in [0.29, 0.717) is 0 Å². The van der Waals surface area contributed by atoms with Crippen molar-refractivity contribution >= 4 is 22.8 Å². The molecule has 1 fully saturated rings. The van der Waals surface area contributed by atoms with E-state index >= 15 is 0 Å². The van der Waals surface area contributed by atoms with Crippen LogP contribution in [0.3, 0.4) is 0 Å². The molecular weight excluding hydrogens is 495 g/mol. The van der Waals surface area contributed by atoms with E-state index in [-0.39, 0.29) is 24.0 Å². The first kappa shape index (κ1) is 25.7. The quantitative estimate of drug-likeness (QED) is 0.366. The van der Waals surface area contributed by atoms with Gasteiger partial charge in [-0.2, -0.15) is 13.2 Å². The van der Waals surface area contributed by atoms with Gasteiger partial charge in [0, 0.05) is 36.7 Å². The number of amides is 1. The van der Waals surface area contributed by atoms with E-state index in [1.165, 1.54) is 6.07 Å². The molecule has 38 heavy (non-hydrogen) atoms. The summed E-state index contributed by atoms with van der Waals surface area (Å²) >= 11 is 0. The number of nitrogens with zero attached hydrogens (tertiary/aromatic N) is 4. The van der Waals surface area contributed by atoms with Crippen LogP contribution in [0.5, 0.6) is 5.75 Å². The Bertz CT molecular complexity index is 1460. The number of hydrogen-bond donors (Lipinski definition) is 1. The third-order valence-corrected chi connectivity index (χ3v) is 6.75. The Morgan fingerprint density at radius 2 is 1.89 bits per heavy atom. The third-order valence-electron chi connectivity index (χ3n) is 6.75. The van der Waals surface area contributed by atoms with Gasteiger partial charge in [-0.05, 0) is 74.3 Å². The highest BCUT2D eigenvalue weighted by Crippen LogP contribution is 2.35. The van der Waals surface area contributed by atoms with E-state index in [4.69, 9.17) is 4.74 Å². The summed E-state index contributed by atoms with van der Waals surface area (Å²) in [4.78, 5) is 23.7. The molecule has 2 aromatic carbocycles. The number of carbonyl (C=O) groups excluding carboxylic acids is 1. The second-order valence-electron chi connectivity index (χ2n) is 9.66. The van der Waals surface area contributed by atoms with E-state index < -0.39 is 17.6 Å². The maximum absolute atomic E-state index is 13.6. The minimum Gasteiger partial charge on any atom is -0.490 e. The lowest BCUT2D eigenvalue weighted by Crippen LogP contribution is -2.35. The van der Waals surface area contributed by atoms with E-state index in [9.17, 15) is 18.0 Å². The average Bonchev–Trinajstić information content (AvgIpc) is 3.30. The Balaban J connectivity index is 1.31. The highest BCUT2D eigenvalue weighted by molar-refractivity contribution is 5.92. The van der Waals surface area contributed by atoms with E-state index in [1.54, 1.807) is 12.5 Å². The lowest BCUT2D eigenvalue weighted by molar-refractivity contribution is -0.137. The third kappa shape index (κ3) is 5.80. The smallest absolute Gasteiger partial charge is 0.416 e. The monoisotopic (exact) mass is 523 g/mol. The van der Waals surface area contributed by atoms with Crippen molar-refractivity contribution in [3.8, 4) is 11.4 Å². The first-order chi connectivity index (χ1) is 18.2. The largest absolute Gasteiger partial charge is 0.490 e. The van der Waals surface area contributed by atoms with Crippen molar-refractivity contribution in [2.45, 2.75) is 38.5 Å². The summed E-state index contributed by atoms with van der Waals surface area (Å²) in [7, 11) is 2.00. The molecular formula is C28H28F3N5O2. The number of nitrogens with one attached hydrogen (secondary N) is 1. The number of pyridine rings is 1. The highest BCUT2D eigenvalue weighted by Gasteiger charge is 2.32. The molecule has 4 aromatic rings. The number of imidazole rings is 1. The molecule has 0 spiro atoms. The van der Waals surface area contributed by atoms with Gasteiger partial charge in [-0.15, -0.1) is 0 Å². The first-order valence-electron chi connectivity index (χ1n) is 12.4. The predicted octanol–water partition coefficient (Wildman–Crippen LogP) is 5.40. The van der Waals surface area contributed by atoms with Crippen molar-refractivity contribution < 1.29 is 22.7 Å². The Kier molecular flexibility index (Phi) is 7.07. The van der Waals surface area contributed by atoms with Gasteiger partial charge < -0.3 is 15.0 Å². The van der Waals surface area contributed by atoms with Crippen LogP contribution in [0.2, 0.25) is 0 Å². The number of ether oxygens (including phenoxy) is 1. The van der Waals surface area contributed by atoms with Gasteiger partial charge in [0.1, 0.15) is 23.7 Å². The molecule has 1 saturated heterocycles. The van der Waals surface area contributed by atoms with E-state index in [2.05, 4.69) is 20.2 Å². The van der Waals surface area contributed by atoms with Crippen molar-refractivity contribution in [1.82, 2.24) is 19.4 Å². The molecule has 5 rings (SSSR count). The standard InChI is InChI=1S/C28H28F3N5O2/c1-18-12-22(36-17-33-25-4-3-9-32-27(25)36)6-5-19(18)13-26(37)34-21-14-20(28(29,30)31)15-24(16-21)38-23-7-10-35(2)11-8-23/h3-6,9,12,14-17,23H,7-8,10-11,13H2,1-2H3,(H,34,37). The summed E-state index contributed by atoms with van der Waals surface area (Å²) < 4.78 is 48.5. The SMILES string of the molecule is Cc1cc(-n2cnc3cccnc32)ccc1CC(=O)Nc1cc(OC2CCN(C)CC2)cc(C(F)(F)F)c1. The molecule has 1 N–H and O–H groups in total. The van der Waals surface area contributed by atoms with Crippen LogP contribution in [0.25, 0.3) is 16.9 Å². The average molecular weight is 524 g/mol. The zero-order chi connectivity index (χ0) is 26.9. The van der Waals surface area contributed by atoms with Crippen molar-refractivity contribution in [1.29, 1.82) is 0 Å². The fraction of sp³-hybridized carbons (Fsp3) is 0.321.